The Morgan fingerprint density at radius 3 is 2.41 bits per heavy atom. The fourth-order valence-corrected chi connectivity index (χ4v) is 2.22. The quantitative estimate of drug-likeness (QED) is 0.862. The molecular weight excluding hydrogens is 279 g/mol. The largest absolute Gasteiger partial charge is 0.496 e. The monoisotopic (exact) mass is 304 g/mol. The van der Waals surface area contributed by atoms with Gasteiger partial charge < -0.3 is 14.6 Å². The lowest BCUT2D eigenvalue weighted by molar-refractivity contribution is 0.00578. The van der Waals surface area contributed by atoms with Gasteiger partial charge in [-0.05, 0) is 47.1 Å². The Morgan fingerprint density at radius 2 is 1.86 bits per heavy atom. The number of nitrogens with zero attached hydrogens (tertiary/aromatic N) is 1. The third kappa shape index (κ3) is 3.18. The van der Waals surface area contributed by atoms with Crippen molar-refractivity contribution in [3.8, 4) is 0 Å². The van der Waals surface area contributed by atoms with Gasteiger partial charge in [0.25, 0.3) is 5.91 Å². The smallest absolute Gasteiger partial charge is 0.399 e. The van der Waals surface area contributed by atoms with Gasteiger partial charge in [-0.15, -0.1) is 0 Å². The number of aryl methyl sites for hydroxylation is 1. The maximum atomic E-state index is 12.2. The van der Waals surface area contributed by atoms with Crippen molar-refractivity contribution in [2.24, 2.45) is 0 Å². The molecule has 2 rings (SSSR count). The second kappa shape index (κ2) is 6.01. The van der Waals surface area contributed by atoms with Crippen LogP contribution in [0.4, 0.5) is 0 Å². The summed E-state index contributed by atoms with van der Waals surface area (Å²) in [5, 5.41) is 2.88. The van der Waals surface area contributed by atoms with Crippen molar-refractivity contribution >= 4 is 18.5 Å². The normalized spacial score (nSPS) is 19.3. The maximum Gasteiger partial charge on any atom is 0.496 e. The van der Waals surface area contributed by atoms with E-state index in [1.54, 1.807) is 6.20 Å². The molecule has 0 aromatic carbocycles. The highest BCUT2D eigenvalue weighted by Gasteiger charge is 2.51. The third-order valence-corrected chi connectivity index (χ3v) is 4.41. The summed E-state index contributed by atoms with van der Waals surface area (Å²) in [6.07, 6.45) is 2.61. The van der Waals surface area contributed by atoms with Gasteiger partial charge in [-0.25, -0.2) is 0 Å². The predicted molar refractivity (Wildman–Crippen MR) is 87.3 cm³/mol. The molecule has 2 heterocycles. The minimum absolute atomic E-state index is 0.106. The van der Waals surface area contributed by atoms with E-state index in [0.717, 1.165) is 11.9 Å². The van der Waals surface area contributed by atoms with Crippen LogP contribution in [-0.2, 0) is 9.31 Å². The summed E-state index contributed by atoms with van der Waals surface area (Å²) in [7, 11) is -0.504. The average Bonchev–Trinajstić information content (AvgIpc) is 2.65. The second-order valence-corrected chi connectivity index (χ2v) is 6.75. The molecule has 1 saturated heterocycles. The van der Waals surface area contributed by atoms with Crippen LogP contribution in [0.3, 0.4) is 0 Å². The van der Waals surface area contributed by atoms with Crippen LogP contribution in [0.15, 0.2) is 12.3 Å². The van der Waals surface area contributed by atoms with Crippen LogP contribution in [0.25, 0.3) is 0 Å². The molecule has 0 bridgehead atoms. The van der Waals surface area contributed by atoms with Crippen LogP contribution in [0.2, 0.25) is 0 Å². The Balaban J connectivity index is 2.25. The number of rotatable bonds is 4. The molecule has 1 fully saturated rings. The van der Waals surface area contributed by atoms with Crippen LogP contribution in [-0.4, -0.2) is 35.8 Å². The number of pyridine rings is 1. The average molecular weight is 304 g/mol. The molecule has 120 valence electrons. The van der Waals surface area contributed by atoms with E-state index in [0.29, 0.717) is 17.8 Å². The van der Waals surface area contributed by atoms with Gasteiger partial charge in [0.1, 0.15) is 0 Å². The van der Waals surface area contributed by atoms with E-state index in [4.69, 9.17) is 9.31 Å². The highest BCUT2D eigenvalue weighted by molar-refractivity contribution is 6.62. The van der Waals surface area contributed by atoms with Gasteiger partial charge in [-0.2, -0.15) is 0 Å². The number of hydrogen-bond donors (Lipinski definition) is 1. The van der Waals surface area contributed by atoms with E-state index in [9.17, 15) is 4.79 Å². The van der Waals surface area contributed by atoms with Gasteiger partial charge in [0.15, 0.2) is 0 Å². The molecule has 1 aromatic rings. The summed E-state index contributed by atoms with van der Waals surface area (Å²) in [6.45, 7) is 12.5. The first-order valence-electron chi connectivity index (χ1n) is 7.78. The zero-order valence-corrected chi connectivity index (χ0v) is 14.3. The second-order valence-electron chi connectivity index (χ2n) is 6.75. The number of aromatic nitrogens is 1. The lowest BCUT2D eigenvalue weighted by Crippen LogP contribution is -2.41. The number of hydrogen-bond acceptors (Lipinski definition) is 4. The summed E-state index contributed by atoms with van der Waals surface area (Å²) in [5.41, 5.74) is 1.22. The topological polar surface area (TPSA) is 60.5 Å². The van der Waals surface area contributed by atoms with Crippen molar-refractivity contribution in [3.63, 3.8) is 0 Å². The standard InChI is InChI=1S/C16H25BN2O3/c1-7-8-18-14(20)13-9-12(10-19-11(13)2)17-21-15(3,4)16(5,6)22-17/h9-10H,7-8H2,1-6H3,(H,18,20). The van der Waals surface area contributed by atoms with Gasteiger partial charge in [-0.3, -0.25) is 9.78 Å². The van der Waals surface area contributed by atoms with Crippen molar-refractivity contribution < 1.29 is 14.1 Å². The van der Waals surface area contributed by atoms with Crippen LogP contribution >= 0.6 is 0 Å². The number of carbonyl (C=O) groups excluding carboxylic acids is 1. The minimum Gasteiger partial charge on any atom is -0.399 e. The first kappa shape index (κ1) is 17.0. The Hall–Kier alpha value is -1.40. The molecule has 0 atom stereocenters. The van der Waals surface area contributed by atoms with Crippen molar-refractivity contribution in [3.05, 3.63) is 23.5 Å². The zero-order valence-electron chi connectivity index (χ0n) is 14.3. The Morgan fingerprint density at radius 1 is 1.27 bits per heavy atom. The van der Waals surface area contributed by atoms with Gasteiger partial charge >= 0.3 is 7.12 Å². The van der Waals surface area contributed by atoms with Gasteiger partial charge in [0.05, 0.1) is 16.8 Å². The predicted octanol–water partition coefficient (Wildman–Crippen LogP) is 1.83. The van der Waals surface area contributed by atoms with Crippen molar-refractivity contribution in [1.82, 2.24) is 10.3 Å². The zero-order chi connectivity index (χ0) is 16.5. The molecule has 6 heteroatoms. The van der Waals surface area contributed by atoms with E-state index in [-0.39, 0.29) is 5.91 Å². The fraction of sp³-hybridized carbons (Fsp3) is 0.625. The Bertz CT molecular complexity index is 557. The van der Waals surface area contributed by atoms with Crippen LogP contribution < -0.4 is 10.8 Å². The molecule has 0 spiro atoms. The molecular formula is C16H25BN2O3. The Labute approximate surface area is 132 Å². The fourth-order valence-electron chi connectivity index (χ4n) is 2.22. The van der Waals surface area contributed by atoms with Crippen LogP contribution in [0.5, 0.6) is 0 Å². The first-order chi connectivity index (χ1) is 10.2. The first-order valence-corrected chi connectivity index (χ1v) is 7.78. The van der Waals surface area contributed by atoms with Crippen molar-refractivity contribution in [2.45, 2.75) is 59.2 Å². The lowest BCUT2D eigenvalue weighted by Gasteiger charge is -2.32. The van der Waals surface area contributed by atoms with E-state index in [1.807, 2.05) is 47.6 Å². The molecule has 0 radical (unpaired) electrons. The summed E-state index contributed by atoms with van der Waals surface area (Å²) in [5.74, 6) is -0.106. The molecule has 1 aliphatic rings. The van der Waals surface area contributed by atoms with Gasteiger partial charge in [0, 0.05) is 23.9 Å². The summed E-state index contributed by atoms with van der Waals surface area (Å²) in [6, 6.07) is 1.81. The number of amides is 1. The van der Waals surface area contributed by atoms with E-state index >= 15 is 0 Å². The van der Waals surface area contributed by atoms with Crippen molar-refractivity contribution in [1.29, 1.82) is 0 Å². The van der Waals surface area contributed by atoms with Gasteiger partial charge in [-0.1, -0.05) is 6.92 Å². The summed E-state index contributed by atoms with van der Waals surface area (Å²) >= 11 is 0. The molecule has 1 amide bonds. The minimum atomic E-state index is -0.504. The van der Waals surface area contributed by atoms with Crippen LogP contribution in [0, 0.1) is 6.92 Å². The van der Waals surface area contributed by atoms with E-state index in [1.165, 1.54) is 0 Å². The van der Waals surface area contributed by atoms with Crippen molar-refractivity contribution in [2.75, 3.05) is 6.54 Å². The molecule has 0 unspecified atom stereocenters. The van der Waals surface area contributed by atoms with Crippen LogP contribution in [0.1, 0.15) is 57.1 Å². The Kier molecular flexibility index (Phi) is 4.63. The van der Waals surface area contributed by atoms with Gasteiger partial charge in [0.2, 0.25) is 0 Å². The third-order valence-electron chi connectivity index (χ3n) is 4.41. The van der Waals surface area contributed by atoms with E-state index in [2.05, 4.69) is 10.3 Å². The highest BCUT2D eigenvalue weighted by atomic mass is 16.7. The molecule has 0 saturated carbocycles. The molecule has 0 aliphatic carbocycles. The molecule has 1 aliphatic heterocycles. The summed E-state index contributed by atoms with van der Waals surface area (Å²) in [4.78, 5) is 16.5. The summed E-state index contributed by atoms with van der Waals surface area (Å²) < 4.78 is 12.0. The van der Waals surface area contributed by atoms with E-state index < -0.39 is 18.3 Å². The lowest BCUT2D eigenvalue weighted by atomic mass is 9.79. The molecule has 5 nitrogen and oxygen atoms in total. The SMILES string of the molecule is CCCNC(=O)c1cc(B2OC(C)(C)C(C)(C)O2)cnc1C. The molecule has 1 aromatic heterocycles. The number of nitrogens with one attached hydrogen (secondary N) is 1. The maximum absolute atomic E-state index is 12.2. The molecule has 1 N–H and O–H groups in total. The highest BCUT2D eigenvalue weighted by Crippen LogP contribution is 2.36. The number of carbonyl (C=O) groups is 1. The molecule has 22 heavy (non-hydrogen) atoms.